The summed E-state index contributed by atoms with van der Waals surface area (Å²) >= 11 is 0. The standard InChI is InChI=1S/C22H18N2O3/c1-27-21-11-10-17(12-18(21)22(25)26)16-8-6-15(7-9-16)13-24-14-23-19-4-2-3-5-20(19)24/h2-12,14H,13H2,1H3,(H,25,26). The number of methoxy groups -OCH3 is 1. The van der Waals surface area contributed by atoms with Gasteiger partial charge in [0, 0.05) is 6.54 Å². The zero-order chi connectivity index (χ0) is 18.8. The first-order valence-corrected chi connectivity index (χ1v) is 8.56. The molecule has 0 saturated heterocycles. The predicted molar refractivity (Wildman–Crippen MR) is 104 cm³/mol. The second kappa shape index (κ2) is 6.96. The fourth-order valence-electron chi connectivity index (χ4n) is 3.19. The second-order valence-electron chi connectivity index (χ2n) is 6.28. The summed E-state index contributed by atoms with van der Waals surface area (Å²) in [5.41, 5.74) is 5.18. The second-order valence-corrected chi connectivity index (χ2v) is 6.28. The lowest BCUT2D eigenvalue weighted by atomic mass is 10.0. The number of aromatic nitrogens is 2. The number of ether oxygens (including phenoxy) is 1. The van der Waals surface area contributed by atoms with Gasteiger partial charge in [0.25, 0.3) is 0 Å². The summed E-state index contributed by atoms with van der Waals surface area (Å²) in [6.07, 6.45) is 1.85. The maximum atomic E-state index is 11.4. The fourth-order valence-corrected chi connectivity index (χ4v) is 3.19. The lowest BCUT2D eigenvalue weighted by molar-refractivity contribution is 0.0693. The summed E-state index contributed by atoms with van der Waals surface area (Å²) in [7, 11) is 1.47. The van der Waals surface area contributed by atoms with Crippen LogP contribution in [-0.2, 0) is 6.54 Å². The molecule has 0 aliphatic heterocycles. The number of hydrogen-bond acceptors (Lipinski definition) is 3. The van der Waals surface area contributed by atoms with Gasteiger partial charge in [-0.2, -0.15) is 0 Å². The molecule has 5 heteroatoms. The van der Waals surface area contributed by atoms with E-state index in [0.29, 0.717) is 5.75 Å². The highest BCUT2D eigenvalue weighted by atomic mass is 16.5. The maximum absolute atomic E-state index is 11.4. The van der Waals surface area contributed by atoms with Gasteiger partial charge in [0.1, 0.15) is 11.3 Å². The number of fused-ring (bicyclic) bond motifs is 1. The highest BCUT2D eigenvalue weighted by Crippen LogP contribution is 2.27. The van der Waals surface area contributed by atoms with Crippen LogP contribution in [0.15, 0.2) is 73.1 Å². The quantitative estimate of drug-likeness (QED) is 0.572. The molecule has 1 N–H and O–H groups in total. The number of imidazole rings is 1. The lowest BCUT2D eigenvalue weighted by Gasteiger charge is -2.09. The van der Waals surface area contributed by atoms with Gasteiger partial charge in [-0.25, -0.2) is 9.78 Å². The van der Waals surface area contributed by atoms with Crippen molar-refractivity contribution >= 4 is 17.0 Å². The molecule has 0 spiro atoms. The van der Waals surface area contributed by atoms with E-state index < -0.39 is 5.97 Å². The minimum absolute atomic E-state index is 0.156. The van der Waals surface area contributed by atoms with E-state index in [1.807, 2.05) is 42.7 Å². The van der Waals surface area contributed by atoms with Gasteiger partial charge in [-0.15, -0.1) is 0 Å². The molecular formula is C22H18N2O3. The molecule has 0 atom stereocenters. The Morgan fingerprint density at radius 1 is 1.04 bits per heavy atom. The number of carboxylic acid groups (broad SMARTS) is 1. The molecule has 0 aliphatic carbocycles. The van der Waals surface area contributed by atoms with Crippen LogP contribution in [0.4, 0.5) is 0 Å². The number of nitrogens with zero attached hydrogens (tertiary/aromatic N) is 2. The number of hydrogen-bond donors (Lipinski definition) is 1. The molecule has 4 rings (SSSR count). The molecule has 1 aromatic heterocycles. The smallest absolute Gasteiger partial charge is 0.339 e. The van der Waals surface area contributed by atoms with Crippen molar-refractivity contribution in [2.75, 3.05) is 7.11 Å². The van der Waals surface area contributed by atoms with Crippen molar-refractivity contribution in [3.63, 3.8) is 0 Å². The number of aromatic carboxylic acids is 1. The molecule has 0 fully saturated rings. The van der Waals surface area contributed by atoms with Crippen LogP contribution in [0.5, 0.6) is 5.75 Å². The Labute approximate surface area is 156 Å². The Morgan fingerprint density at radius 2 is 1.78 bits per heavy atom. The molecule has 134 valence electrons. The summed E-state index contributed by atoms with van der Waals surface area (Å²) in [6.45, 7) is 0.726. The van der Waals surface area contributed by atoms with Crippen LogP contribution in [-0.4, -0.2) is 27.7 Å². The van der Waals surface area contributed by atoms with Crippen LogP contribution >= 0.6 is 0 Å². The molecule has 5 nitrogen and oxygen atoms in total. The minimum atomic E-state index is -1.00. The van der Waals surface area contributed by atoms with Crippen LogP contribution in [0.2, 0.25) is 0 Å². The van der Waals surface area contributed by atoms with Crippen molar-refractivity contribution in [1.29, 1.82) is 0 Å². The summed E-state index contributed by atoms with van der Waals surface area (Å²) < 4.78 is 7.23. The highest BCUT2D eigenvalue weighted by Gasteiger charge is 2.12. The molecule has 0 unspecified atom stereocenters. The van der Waals surface area contributed by atoms with E-state index in [1.54, 1.807) is 12.1 Å². The van der Waals surface area contributed by atoms with E-state index >= 15 is 0 Å². The van der Waals surface area contributed by atoms with E-state index in [9.17, 15) is 9.90 Å². The third kappa shape index (κ3) is 3.27. The Morgan fingerprint density at radius 3 is 2.52 bits per heavy atom. The monoisotopic (exact) mass is 358 g/mol. The van der Waals surface area contributed by atoms with Crippen LogP contribution in [0.25, 0.3) is 22.2 Å². The Bertz CT molecular complexity index is 1110. The van der Waals surface area contributed by atoms with Crippen LogP contribution in [0, 0.1) is 0 Å². The summed E-state index contributed by atoms with van der Waals surface area (Å²) in [5.74, 6) is -0.646. The average molecular weight is 358 g/mol. The summed E-state index contributed by atoms with van der Waals surface area (Å²) in [5, 5.41) is 9.35. The molecule has 27 heavy (non-hydrogen) atoms. The molecule has 0 radical (unpaired) electrons. The normalized spacial score (nSPS) is 10.9. The first-order chi connectivity index (χ1) is 13.2. The van der Waals surface area contributed by atoms with Gasteiger partial charge >= 0.3 is 5.97 Å². The van der Waals surface area contributed by atoms with E-state index in [4.69, 9.17) is 4.74 Å². The third-order valence-corrected chi connectivity index (χ3v) is 4.60. The topological polar surface area (TPSA) is 64.4 Å². The third-order valence-electron chi connectivity index (χ3n) is 4.60. The molecule has 4 aromatic rings. The molecule has 0 saturated carbocycles. The van der Waals surface area contributed by atoms with E-state index in [-0.39, 0.29) is 5.56 Å². The maximum Gasteiger partial charge on any atom is 0.339 e. The van der Waals surface area contributed by atoms with Gasteiger partial charge in [-0.1, -0.05) is 42.5 Å². The SMILES string of the molecule is COc1ccc(-c2ccc(Cn3cnc4ccccc43)cc2)cc1C(=O)O. The van der Waals surface area contributed by atoms with Crippen molar-refractivity contribution in [2.24, 2.45) is 0 Å². The Kier molecular flexibility index (Phi) is 4.34. The predicted octanol–water partition coefficient (Wildman–Crippen LogP) is 4.46. The van der Waals surface area contributed by atoms with Crippen LogP contribution in [0.1, 0.15) is 15.9 Å². The lowest BCUT2D eigenvalue weighted by Crippen LogP contribution is -2.01. The van der Waals surface area contributed by atoms with Gasteiger partial charge in [-0.05, 0) is 41.0 Å². The van der Waals surface area contributed by atoms with Crippen LogP contribution < -0.4 is 4.74 Å². The van der Waals surface area contributed by atoms with E-state index in [2.05, 4.69) is 27.8 Å². The van der Waals surface area contributed by atoms with Gasteiger partial charge in [-0.3, -0.25) is 0 Å². The first-order valence-electron chi connectivity index (χ1n) is 8.56. The number of benzene rings is 3. The van der Waals surface area contributed by atoms with E-state index in [1.165, 1.54) is 7.11 Å². The largest absolute Gasteiger partial charge is 0.496 e. The zero-order valence-electron chi connectivity index (χ0n) is 14.8. The van der Waals surface area contributed by atoms with Crippen LogP contribution in [0.3, 0.4) is 0 Å². The van der Waals surface area contributed by atoms with Crippen molar-refractivity contribution in [3.8, 4) is 16.9 Å². The molecule has 3 aromatic carbocycles. The van der Waals surface area contributed by atoms with Crippen molar-refractivity contribution in [2.45, 2.75) is 6.54 Å². The number of para-hydroxylation sites is 2. The number of carbonyl (C=O) groups is 1. The Balaban J connectivity index is 1.61. The summed E-state index contributed by atoms with van der Waals surface area (Å²) in [4.78, 5) is 15.8. The van der Waals surface area contributed by atoms with Crippen molar-refractivity contribution < 1.29 is 14.6 Å². The Hall–Kier alpha value is -3.60. The highest BCUT2D eigenvalue weighted by molar-refractivity contribution is 5.92. The van der Waals surface area contributed by atoms with Gasteiger partial charge < -0.3 is 14.4 Å². The minimum Gasteiger partial charge on any atom is -0.496 e. The van der Waals surface area contributed by atoms with Crippen molar-refractivity contribution in [1.82, 2.24) is 9.55 Å². The molecule has 1 heterocycles. The number of carboxylic acids is 1. The summed E-state index contributed by atoms with van der Waals surface area (Å²) in [6, 6.07) is 21.3. The number of rotatable bonds is 5. The van der Waals surface area contributed by atoms with E-state index in [0.717, 1.165) is 34.3 Å². The molecule has 0 amide bonds. The molecule has 0 aliphatic rings. The van der Waals surface area contributed by atoms with Crippen molar-refractivity contribution in [3.05, 3.63) is 84.2 Å². The van der Waals surface area contributed by atoms with Gasteiger partial charge in [0.15, 0.2) is 0 Å². The average Bonchev–Trinajstić information content (AvgIpc) is 3.11. The molecule has 0 bridgehead atoms. The first kappa shape index (κ1) is 16.8. The molecular weight excluding hydrogens is 340 g/mol. The zero-order valence-corrected chi connectivity index (χ0v) is 14.8. The fraction of sp³-hybridized carbons (Fsp3) is 0.0909. The van der Waals surface area contributed by atoms with Gasteiger partial charge in [0.05, 0.1) is 24.5 Å². The van der Waals surface area contributed by atoms with Gasteiger partial charge in [0.2, 0.25) is 0 Å².